The molecule has 35 heavy (non-hydrogen) atoms. The molecule has 8 nitrogen and oxygen atoms in total. The second-order valence-corrected chi connectivity index (χ2v) is 9.56. The summed E-state index contributed by atoms with van der Waals surface area (Å²) >= 11 is 1.30. The summed E-state index contributed by atoms with van der Waals surface area (Å²) < 4.78 is 26.7. The number of fused-ring (bicyclic) bond motifs is 1. The average molecular weight is 498 g/mol. The quantitative estimate of drug-likeness (QED) is 0.483. The molecule has 184 valence electrons. The van der Waals surface area contributed by atoms with Crippen LogP contribution in [0.15, 0.2) is 47.6 Å². The lowest BCUT2D eigenvalue weighted by Crippen LogP contribution is -2.33. The fraction of sp³-hybridized carbons (Fsp3) is 0.400. The number of benzene rings is 2. The third kappa shape index (κ3) is 5.43. The number of hydrogen-bond donors (Lipinski definition) is 1. The molecule has 0 bridgehead atoms. The Hall–Kier alpha value is -3.11. The fourth-order valence-corrected chi connectivity index (χ4v) is 5.15. The van der Waals surface area contributed by atoms with E-state index in [1.807, 2.05) is 4.57 Å². The highest BCUT2D eigenvalue weighted by molar-refractivity contribution is 7.99. The SMILES string of the molecule is C[C@@H](c1nnc(SCC(=O)Nc2ccc3c(c2)OCCO3)n1-c1ccc(F)cc1)N1CCCCC1. The Balaban J connectivity index is 1.32. The van der Waals surface area contributed by atoms with Crippen molar-refractivity contribution in [2.45, 2.75) is 37.4 Å². The lowest BCUT2D eigenvalue weighted by molar-refractivity contribution is -0.113. The van der Waals surface area contributed by atoms with Crippen molar-refractivity contribution in [1.29, 1.82) is 0 Å². The van der Waals surface area contributed by atoms with E-state index >= 15 is 0 Å². The van der Waals surface area contributed by atoms with E-state index in [9.17, 15) is 9.18 Å². The van der Waals surface area contributed by atoms with Crippen LogP contribution < -0.4 is 14.8 Å². The standard InChI is InChI=1S/C25H28FN5O3S/c1-17(30-11-3-2-4-12-30)24-28-29-25(31(24)20-8-5-18(26)6-9-20)35-16-23(32)27-19-7-10-21-22(15-19)34-14-13-33-21/h5-10,15,17H,2-4,11-14,16H2,1H3,(H,27,32)/t17-/m0/s1. The summed E-state index contributed by atoms with van der Waals surface area (Å²) in [6.07, 6.45) is 3.57. The Morgan fingerprint density at radius 2 is 1.80 bits per heavy atom. The zero-order valence-electron chi connectivity index (χ0n) is 19.6. The van der Waals surface area contributed by atoms with E-state index < -0.39 is 0 Å². The topological polar surface area (TPSA) is 81.5 Å². The summed E-state index contributed by atoms with van der Waals surface area (Å²) in [7, 11) is 0. The average Bonchev–Trinajstić information content (AvgIpc) is 3.32. The Bertz CT molecular complexity index is 1180. The van der Waals surface area contributed by atoms with Crippen LogP contribution in [0.5, 0.6) is 11.5 Å². The second-order valence-electron chi connectivity index (χ2n) is 8.62. The number of hydrogen-bond acceptors (Lipinski definition) is 7. The van der Waals surface area contributed by atoms with Crippen molar-refractivity contribution in [3.8, 4) is 17.2 Å². The maximum atomic E-state index is 13.6. The monoisotopic (exact) mass is 497 g/mol. The molecule has 0 aliphatic carbocycles. The van der Waals surface area contributed by atoms with Crippen molar-refractivity contribution in [3.63, 3.8) is 0 Å². The maximum Gasteiger partial charge on any atom is 0.234 e. The Morgan fingerprint density at radius 1 is 1.06 bits per heavy atom. The first-order chi connectivity index (χ1) is 17.1. The molecule has 2 aliphatic rings. The van der Waals surface area contributed by atoms with Gasteiger partial charge in [0.2, 0.25) is 5.91 Å². The lowest BCUT2D eigenvalue weighted by atomic mass is 10.1. The van der Waals surface area contributed by atoms with Crippen molar-refractivity contribution in [3.05, 3.63) is 54.1 Å². The minimum Gasteiger partial charge on any atom is -0.486 e. The van der Waals surface area contributed by atoms with Crippen molar-refractivity contribution >= 4 is 23.4 Å². The number of nitrogens with zero attached hydrogens (tertiary/aromatic N) is 4. The predicted molar refractivity (Wildman–Crippen MR) is 132 cm³/mol. The largest absolute Gasteiger partial charge is 0.486 e. The van der Waals surface area contributed by atoms with Gasteiger partial charge in [0.1, 0.15) is 19.0 Å². The van der Waals surface area contributed by atoms with Crippen LogP contribution in [-0.2, 0) is 4.79 Å². The molecule has 10 heteroatoms. The first-order valence-electron chi connectivity index (χ1n) is 11.9. The van der Waals surface area contributed by atoms with Crippen LogP contribution in [0.1, 0.15) is 38.1 Å². The molecule has 2 aromatic carbocycles. The third-order valence-electron chi connectivity index (χ3n) is 6.21. The summed E-state index contributed by atoms with van der Waals surface area (Å²) in [5, 5.41) is 12.4. The Kier molecular flexibility index (Phi) is 7.19. The van der Waals surface area contributed by atoms with E-state index in [4.69, 9.17) is 9.47 Å². The highest BCUT2D eigenvalue weighted by atomic mass is 32.2. The zero-order chi connectivity index (χ0) is 24.2. The number of nitrogens with one attached hydrogen (secondary N) is 1. The van der Waals surface area contributed by atoms with Gasteiger partial charge in [-0.1, -0.05) is 18.2 Å². The molecule has 1 saturated heterocycles. The molecular formula is C25H28FN5O3S. The van der Waals surface area contributed by atoms with E-state index in [2.05, 4.69) is 27.3 Å². The van der Waals surface area contributed by atoms with Crippen LogP contribution in [0.25, 0.3) is 5.69 Å². The number of aromatic nitrogens is 3. The van der Waals surface area contributed by atoms with Gasteiger partial charge < -0.3 is 14.8 Å². The van der Waals surface area contributed by atoms with Gasteiger partial charge in [-0.3, -0.25) is 14.3 Å². The van der Waals surface area contributed by atoms with Crippen molar-refractivity contribution in [2.24, 2.45) is 0 Å². The molecule has 1 atom stereocenters. The summed E-state index contributed by atoms with van der Waals surface area (Å²) in [5.41, 5.74) is 1.41. The second kappa shape index (κ2) is 10.7. The lowest BCUT2D eigenvalue weighted by Gasteiger charge is -2.31. The minimum absolute atomic E-state index is 0.0498. The van der Waals surface area contributed by atoms with Crippen molar-refractivity contribution in [2.75, 3.05) is 37.4 Å². The number of rotatable bonds is 7. The normalized spacial score (nSPS) is 16.6. The van der Waals surface area contributed by atoms with Gasteiger partial charge in [0.15, 0.2) is 22.5 Å². The van der Waals surface area contributed by atoms with Crippen LogP contribution in [0.3, 0.4) is 0 Å². The molecule has 1 aromatic heterocycles. The smallest absolute Gasteiger partial charge is 0.234 e. The maximum absolute atomic E-state index is 13.6. The molecule has 1 fully saturated rings. The number of carbonyl (C=O) groups is 1. The molecule has 0 saturated carbocycles. The van der Waals surface area contributed by atoms with Gasteiger partial charge >= 0.3 is 0 Å². The van der Waals surface area contributed by atoms with Gasteiger partial charge in [-0.2, -0.15) is 0 Å². The van der Waals surface area contributed by atoms with E-state index in [0.29, 0.717) is 35.6 Å². The van der Waals surface area contributed by atoms with Gasteiger partial charge in [0.05, 0.1) is 11.8 Å². The number of ether oxygens (including phenoxy) is 2. The molecule has 0 spiro atoms. The number of thioether (sulfide) groups is 1. The Labute approximate surface area is 207 Å². The molecule has 1 amide bonds. The molecule has 3 aromatic rings. The molecule has 0 radical (unpaired) electrons. The Morgan fingerprint density at radius 3 is 2.57 bits per heavy atom. The molecule has 5 rings (SSSR count). The van der Waals surface area contributed by atoms with E-state index in [1.54, 1.807) is 30.3 Å². The fourth-order valence-electron chi connectivity index (χ4n) is 4.40. The van der Waals surface area contributed by atoms with Crippen LogP contribution >= 0.6 is 11.8 Å². The molecular weight excluding hydrogens is 469 g/mol. The summed E-state index contributed by atoms with van der Waals surface area (Å²) in [5.74, 6) is 1.74. The highest BCUT2D eigenvalue weighted by Gasteiger charge is 2.26. The number of likely N-dealkylation sites (tertiary alicyclic amines) is 1. The van der Waals surface area contributed by atoms with E-state index in [0.717, 1.165) is 37.4 Å². The van der Waals surface area contributed by atoms with Gasteiger partial charge in [-0.05, 0) is 69.3 Å². The highest BCUT2D eigenvalue weighted by Crippen LogP contribution is 2.33. The number of carbonyl (C=O) groups excluding carboxylic acids is 1. The van der Waals surface area contributed by atoms with Gasteiger partial charge in [0, 0.05) is 17.4 Å². The van der Waals surface area contributed by atoms with Crippen molar-refractivity contribution < 1.29 is 18.7 Å². The molecule has 2 aliphatic heterocycles. The summed E-state index contributed by atoms with van der Waals surface area (Å²) in [4.78, 5) is 15.1. The molecule has 0 unspecified atom stereocenters. The number of piperidine rings is 1. The first-order valence-corrected chi connectivity index (χ1v) is 12.8. The van der Waals surface area contributed by atoms with Crippen LogP contribution in [0, 0.1) is 5.82 Å². The van der Waals surface area contributed by atoms with E-state index in [1.165, 1.54) is 30.3 Å². The first kappa shape index (κ1) is 23.6. The van der Waals surface area contributed by atoms with Crippen LogP contribution in [0.4, 0.5) is 10.1 Å². The van der Waals surface area contributed by atoms with Gasteiger partial charge in [0.25, 0.3) is 0 Å². The minimum atomic E-state index is -0.305. The molecule has 3 heterocycles. The zero-order valence-corrected chi connectivity index (χ0v) is 20.4. The van der Waals surface area contributed by atoms with Crippen LogP contribution in [-0.4, -0.2) is 57.6 Å². The third-order valence-corrected chi connectivity index (χ3v) is 7.14. The molecule has 1 N–H and O–H groups in total. The van der Waals surface area contributed by atoms with Crippen molar-refractivity contribution in [1.82, 2.24) is 19.7 Å². The van der Waals surface area contributed by atoms with Gasteiger partial charge in [-0.15, -0.1) is 10.2 Å². The number of anilines is 1. The number of amides is 1. The number of halogens is 1. The summed E-state index contributed by atoms with van der Waals surface area (Å²) in [6, 6.07) is 11.7. The summed E-state index contributed by atoms with van der Waals surface area (Å²) in [6.45, 7) is 5.15. The van der Waals surface area contributed by atoms with E-state index in [-0.39, 0.29) is 23.5 Å². The predicted octanol–water partition coefficient (Wildman–Crippen LogP) is 4.46. The van der Waals surface area contributed by atoms with Gasteiger partial charge in [-0.25, -0.2) is 4.39 Å². The van der Waals surface area contributed by atoms with Crippen LogP contribution in [0.2, 0.25) is 0 Å².